The number of anilines is 2. The largest absolute Gasteiger partial charge is 0.378 e. The summed E-state index contributed by atoms with van der Waals surface area (Å²) < 4.78 is 31.1. The van der Waals surface area contributed by atoms with Gasteiger partial charge in [-0.05, 0) is 48.9 Å². The minimum Gasteiger partial charge on any atom is -0.378 e. The van der Waals surface area contributed by atoms with E-state index in [1.165, 1.54) is 0 Å². The number of benzene rings is 2. The lowest BCUT2D eigenvalue weighted by atomic mass is 10.1. The van der Waals surface area contributed by atoms with Crippen molar-refractivity contribution in [1.29, 1.82) is 0 Å². The molecule has 9 heteroatoms. The first-order valence-corrected chi connectivity index (χ1v) is 11.9. The second kappa shape index (κ2) is 9.68. The van der Waals surface area contributed by atoms with Crippen LogP contribution in [-0.4, -0.2) is 52.9 Å². The van der Waals surface area contributed by atoms with Crippen LogP contribution in [-0.2, 0) is 26.1 Å². The number of nitrogens with zero attached hydrogens (tertiary/aromatic N) is 2. The second-order valence-corrected chi connectivity index (χ2v) is 9.49. The van der Waals surface area contributed by atoms with Gasteiger partial charge >= 0.3 is 0 Å². The molecule has 1 fully saturated rings. The average Bonchev–Trinajstić information content (AvgIpc) is 2.73. The lowest BCUT2D eigenvalue weighted by Gasteiger charge is -2.29. The lowest BCUT2D eigenvalue weighted by Crippen LogP contribution is -2.47. The van der Waals surface area contributed by atoms with Crippen LogP contribution in [0.5, 0.6) is 0 Å². The molecule has 2 aromatic carbocycles. The fourth-order valence-corrected chi connectivity index (χ4v) is 4.68. The van der Waals surface area contributed by atoms with Crippen molar-refractivity contribution >= 4 is 38.9 Å². The predicted molar refractivity (Wildman–Crippen MR) is 120 cm³/mol. The molecule has 0 radical (unpaired) electrons. The first-order chi connectivity index (χ1) is 14.3. The number of sulfonamides is 1. The molecule has 1 aliphatic rings. The van der Waals surface area contributed by atoms with E-state index in [-0.39, 0.29) is 5.91 Å². The van der Waals surface area contributed by atoms with Crippen LogP contribution in [0.4, 0.5) is 11.4 Å². The standard InChI is InChI=1S/C21H26ClN3O4S/c1-16(25(30(2,27)28)20-9-5-18(22)6-10-20)21(26)23-15-17-3-7-19(8-4-17)24-11-13-29-14-12-24/h3-10,16H,11-15H2,1-2H3,(H,23,26). The van der Waals surface area contributed by atoms with E-state index >= 15 is 0 Å². The van der Waals surface area contributed by atoms with E-state index in [4.69, 9.17) is 16.3 Å². The summed E-state index contributed by atoms with van der Waals surface area (Å²) in [5.41, 5.74) is 2.44. The van der Waals surface area contributed by atoms with E-state index in [1.54, 1.807) is 31.2 Å². The van der Waals surface area contributed by atoms with Crippen molar-refractivity contribution in [1.82, 2.24) is 5.32 Å². The van der Waals surface area contributed by atoms with Gasteiger partial charge < -0.3 is 15.0 Å². The molecule has 1 heterocycles. The number of halogens is 1. The molecule has 1 saturated heterocycles. The van der Waals surface area contributed by atoms with Gasteiger partial charge in [-0.25, -0.2) is 8.42 Å². The highest BCUT2D eigenvalue weighted by Crippen LogP contribution is 2.23. The molecule has 0 spiro atoms. The topological polar surface area (TPSA) is 79.0 Å². The van der Waals surface area contributed by atoms with Crippen molar-refractivity contribution in [2.75, 3.05) is 41.8 Å². The van der Waals surface area contributed by atoms with Gasteiger partial charge in [-0.3, -0.25) is 9.10 Å². The van der Waals surface area contributed by atoms with Crippen LogP contribution in [0.15, 0.2) is 48.5 Å². The zero-order valence-electron chi connectivity index (χ0n) is 17.0. The van der Waals surface area contributed by atoms with Crippen LogP contribution in [0.2, 0.25) is 5.02 Å². The summed E-state index contributed by atoms with van der Waals surface area (Å²) in [5, 5.41) is 3.32. The Bertz CT molecular complexity index is 959. The molecule has 0 saturated carbocycles. The van der Waals surface area contributed by atoms with Crippen molar-refractivity contribution in [3.63, 3.8) is 0 Å². The highest BCUT2D eigenvalue weighted by atomic mass is 35.5. The third kappa shape index (κ3) is 5.65. The normalized spacial score (nSPS) is 15.5. The van der Waals surface area contributed by atoms with E-state index in [9.17, 15) is 13.2 Å². The van der Waals surface area contributed by atoms with Gasteiger partial charge in [0.05, 0.1) is 25.2 Å². The Morgan fingerprint density at radius 1 is 1.13 bits per heavy atom. The maximum absolute atomic E-state index is 12.7. The lowest BCUT2D eigenvalue weighted by molar-refractivity contribution is -0.122. The van der Waals surface area contributed by atoms with Gasteiger partial charge in [0, 0.05) is 30.3 Å². The summed E-state index contributed by atoms with van der Waals surface area (Å²) in [6.45, 7) is 5.04. The van der Waals surface area contributed by atoms with Crippen LogP contribution in [0, 0.1) is 0 Å². The maximum atomic E-state index is 12.7. The van der Waals surface area contributed by atoms with E-state index in [1.807, 2.05) is 24.3 Å². The molecule has 0 bridgehead atoms. The van der Waals surface area contributed by atoms with Crippen LogP contribution in [0.25, 0.3) is 0 Å². The fourth-order valence-electron chi connectivity index (χ4n) is 3.38. The zero-order valence-corrected chi connectivity index (χ0v) is 18.6. The van der Waals surface area contributed by atoms with Crippen molar-refractivity contribution in [2.45, 2.75) is 19.5 Å². The number of nitrogens with one attached hydrogen (secondary N) is 1. The summed E-state index contributed by atoms with van der Waals surface area (Å²) >= 11 is 5.89. The summed E-state index contributed by atoms with van der Waals surface area (Å²) in [6, 6.07) is 13.4. The first kappa shape index (κ1) is 22.4. The summed E-state index contributed by atoms with van der Waals surface area (Å²) in [7, 11) is -3.66. The van der Waals surface area contributed by atoms with Gasteiger partial charge in [0.2, 0.25) is 15.9 Å². The first-order valence-electron chi connectivity index (χ1n) is 9.70. The van der Waals surface area contributed by atoms with E-state index in [2.05, 4.69) is 10.2 Å². The van der Waals surface area contributed by atoms with Gasteiger partial charge in [-0.15, -0.1) is 0 Å². The highest BCUT2D eigenvalue weighted by Gasteiger charge is 2.28. The maximum Gasteiger partial charge on any atom is 0.243 e. The number of ether oxygens (including phenoxy) is 1. The van der Waals surface area contributed by atoms with Crippen molar-refractivity contribution in [3.8, 4) is 0 Å². The molecule has 162 valence electrons. The number of carbonyl (C=O) groups is 1. The predicted octanol–water partition coefficient (Wildman–Crippen LogP) is 2.65. The van der Waals surface area contributed by atoms with Gasteiger partial charge in [0.25, 0.3) is 0 Å². The molecule has 0 aliphatic carbocycles. The molecular weight excluding hydrogens is 426 g/mol. The quantitative estimate of drug-likeness (QED) is 0.700. The Morgan fingerprint density at radius 3 is 2.30 bits per heavy atom. The molecule has 1 aliphatic heterocycles. The van der Waals surface area contributed by atoms with Crippen LogP contribution in [0.1, 0.15) is 12.5 Å². The van der Waals surface area contributed by atoms with Gasteiger partial charge in [0.1, 0.15) is 6.04 Å². The number of amides is 1. The van der Waals surface area contributed by atoms with Crippen LogP contribution in [0.3, 0.4) is 0 Å². The molecular formula is C21H26ClN3O4S. The number of carbonyl (C=O) groups excluding carboxylic acids is 1. The highest BCUT2D eigenvalue weighted by molar-refractivity contribution is 7.92. The van der Waals surface area contributed by atoms with Crippen molar-refractivity contribution in [2.24, 2.45) is 0 Å². The number of rotatable bonds is 7. The molecule has 1 amide bonds. The Morgan fingerprint density at radius 2 is 1.73 bits per heavy atom. The second-order valence-electron chi connectivity index (χ2n) is 7.19. The van der Waals surface area contributed by atoms with Crippen LogP contribution >= 0.6 is 11.6 Å². The average molecular weight is 452 g/mol. The smallest absolute Gasteiger partial charge is 0.243 e. The molecule has 2 aromatic rings. The zero-order chi connectivity index (χ0) is 21.7. The third-order valence-corrected chi connectivity index (χ3v) is 6.44. The minimum atomic E-state index is -3.66. The number of morpholine rings is 1. The Hall–Kier alpha value is -2.29. The summed E-state index contributed by atoms with van der Waals surface area (Å²) in [5.74, 6) is -0.382. The third-order valence-electron chi connectivity index (χ3n) is 4.95. The molecule has 3 rings (SSSR count). The molecule has 1 unspecified atom stereocenters. The van der Waals surface area contributed by atoms with E-state index in [0.29, 0.717) is 17.3 Å². The monoisotopic (exact) mass is 451 g/mol. The molecule has 7 nitrogen and oxygen atoms in total. The van der Waals surface area contributed by atoms with Gasteiger partial charge in [-0.2, -0.15) is 0 Å². The molecule has 1 atom stereocenters. The van der Waals surface area contributed by atoms with Gasteiger partial charge in [-0.1, -0.05) is 23.7 Å². The summed E-state index contributed by atoms with van der Waals surface area (Å²) in [6.07, 6.45) is 1.08. The van der Waals surface area contributed by atoms with Crippen LogP contribution < -0.4 is 14.5 Å². The molecule has 1 N–H and O–H groups in total. The molecule has 30 heavy (non-hydrogen) atoms. The minimum absolute atomic E-state index is 0.310. The van der Waals surface area contributed by atoms with Gasteiger partial charge in [0.15, 0.2) is 0 Å². The fraction of sp³-hybridized carbons (Fsp3) is 0.381. The Labute approximate surface area is 182 Å². The van der Waals surface area contributed by atoms with Crippen molar-refractivity contribution in [3.05, 3.63) is 59.1 Å². The summed E-state index contributed by atoms with van der Waals surface area (Å²) in [4.78, 5) is 14.9. The SMILES string of the molecule is CC(C(=O)NCc1ccc(N2CCOCC2)cc1)N(c1ccc(Cl)cc1)S(C)(=O)=O. The number of hydrogen-bond donors (Lipinski definition) is 1. The van der Waals surface area contributed by atoms with E-state index < -0.39 is 16.1 Å². The molecule has 0 aromatic heterocycles. The van der Waals surface area contributed by atoms with E-state index in [0.717, 1.165) is 48.1 Å². The van der Waals surface area contributed by atoms with Crippen molar-refractivity contribution < 1.29 is 17.9 Å². The Kier molecular flexibility index (Phi) is 7.23. The Balaban J connectivity index is 1.64. The number of hydrogen-bond acceptors (Lipinski definition) is 5.